The van der Waals surface area contributed by atoms with Crippen molar-refractivity contribution < 1.29 is 28.3 Å². The van der Waals surface area contributed by atoms with E-state index in [-0.39, 0.29) is 47.1 Å². The van der Waals surface area contributed by atoms with Crippen molar-refractivity contribution in [3.05, 3.63) is 101 Å². The maximum absolute atomic E-state index is 16.1. The molecule has 5 rings (SSSR count). The largest absolute Gasteiger partial charge is 0.507 e. The Morgan fingerprint density at radius 2 is 1.64 bits per heavy atom. The molecule has 1 heterocycles. The van der Waals surface area contributed by atoms with Gasteiger partial charge in [-0.1, -0.05) is 83.5 Å². The first-order chi connectivity index (χ1) is 21.3. The molecule has 4 atom stereocenters. The highest BCUT2D eigenvalue weighted by atomic mass is 19.1. The fraction of sp³-hybridized carbons (Fsp3) is 0.417. The van der Waals surface area contributed by atoms with Gasteiger partial charge in [0, 0.05) is 18.2 Å². The van der Waals surface area contributed by atoms with Gasteiger partial charge in [0.15, 0.2) is 0 Å². The van der Waals surface area contributed by atoms with Crippen LogP contribution in [0.3, 0.4) is 0 Å². The van der Waals surface area contributed by atoms with E-state index in [1.807, 2.05) is 58.9 Å². The molecule has 1 aliphatic carbocycles. The summed E-state index contributed by atoms with van der Waals surface area (Å²) in [5.41, 5.74) is -0.442. The van der Waals surface area contributed by atoms with Gasteiger partial charge in [-0.25, -0.2) is 8.78 Å². The molecular formula is C36H41F2N3O4. The van der Waals surface area contributed by atoms with Crippen LogP contribution in [0.1, 0.15) is 68.1 Å². The normalized spacial score (nSPS) is 20.7. The third-order valence-corrected chi connectivity index (χ3v) is 9.77. The van der Waals surface area contributed by atoms with Gasteiger partial charge in [0.25, 0.3) is 5.91 Å². The lowest BCUT2D eigenvalue weighted by molar-refractivity contribution is -0.169. The summed E-state index contributed by atoms with van der Waals surface area (Å²) in [6.07, 6.45) is 1.72. The number of benzene rings is 3. The van der Waals surface area contributed by atoms with E-state index in [9.17, 15) is 19.1 Å². The van der Waals surface area contributed by atoms with Gasteiger partial charge in [-0.05, 0) is 59.4 Å². The lowest BCUT2D eigenvalue weighted by Crippen LogP contribution is -2.75. The molecule has 238 valence electrons. The molecule has 9 heteroatoms. The predicted molar refractivity (Wildman–Crippen MR) is 167 cm³/mol. The van der Waals surface area contributed by atoms with Crippen LogP contribution in [0.2, 0.25) is 0 Å². The molecule has 0 bridgehead atoms. The second-order valence-electron chi connectivity index (χ2n) is 13.4. The maximum Gasteiger partial charge on any atom is 0.255 e. The molecule has 3 aromatic carbocycles. The third kappa shape index (κ3) is 5.69. The van der Waals surface area contributed by atoms with Crippen molar-refractivity contribution >= 4 is 17.7 Å². The van der Waals surface area contributed by atoms with Crippen LogP contribution >= 0.6 is 0 Å². The number of phenolic OH excluding ortho intramolecular Hbond substituents is 1. The van der Waals surface area contributed by atoms with Crippen molar-refractivity contribution in [3.8, 4) is 5.75 Å². The van der Waals surface area contributed by atoms with Crippen LogP contribution in [0.5, 0.6) is 5.75 Å². The molecule has 1 aliphatic heterocycles. The smallest absolute Gasteiger partial charge is 0.255 e. The first kappa shape index (κ1) is 32.1. The Balaban J connectivity index is 1.69. The van der Waals surface area contributed by atoms with Crippen molar-refractivity contribution in [1.82, 2.24) is 15.5 Å². The SMILES string of the molecule is CC[C@H](C)[C@@H]1C(=O)N[C@H](C2Cc3ccccc3C2)C(=O)N1C(CNC(=O)c1ccccc1O)(c1ccc(F)cc1F)C(C)(C)C. The Bertz CT molecular complexity index is 1590. The highest BCUT2D eigenvalue weighted by Gasteiger charge is 2.59. The van der Waals surface area contributed by atoms with E-state index in [1.54, 1.807) is 12.1 Å². The fourth-order valence-electron chi connectivity index (χ4n) is 7.15. The number of nitrogens with zero attached hydrogens (tertiary/aromatic N) is 1. The maximum atomic E-state index is 16.1. The topological polar surface area (TPSA) is 98.7 Å². The highest BCUT2D eigenvalue weighted by molar-refractivity contribution is 5.99. The number of fused-ring (bicyclic) bond motifs is 1. The van der Waals surface area contributed by atoms with E-state index in [1.165, 1.54) is 23.1 Å². The lowest BCUT2D eigenvalue weighted by atomic mass is 9.65. The minimum atomic E-state index is -1.66. The lowest BCUT2D eigenvalue weighted by Gasteiger charge is -2.58. The van der Waals surface area contributed by atoms with Crippen molar-refractivity contribution in [2.45, 2.75) is 71.5 Å². The van der Waals surface area contributed by atoms with Gasteiger partial charge < -0.3 is 20.6 Å². The summed E-state index contributed by atoms with van der Waals surface area (Å²) in [5, 5.41) is 16.3. The first-order valence-corrected chi connectivity index (χ1v) is 15.5. The van der Waals surface area contributed by atoms with Crippen LogP contribution in [0.25, 0.3) is 0 Å². The van der Waals surface area contributed by atoms with Crippen molar-refractivity contribution in [1.29, 1.82) is 0 Å². The van der Waals surface area contributed by atoms with Crippen LogP contribution in [0, 0.1) is 28.9 Å². The van der Waals surface area contributed by atoms with Gasteiger partial charge in [-0.3, -0.25) is 14.4 Å². The van der Waals surface area contributed by atoms with E-state index in [2.05, 4.69) is 10.6 Å². The van der Waals surface area contributed by atoms with Crippen LogP contribution in [0.15, 0.2) is 66.7 Å². The van der Waals surface area contributed by atoms with Gasteiger partial charge >= 0.3 is 0 Å². The molecule has 3 aromatic rings. The van der Waals surface area contributed by atoms with Crippen LogP contribution in [0.4, 0.5) is 8.78 Å². The summed E-state index contributed by atoms with van der Waals surface area (Å²) in [5.74, 6) is -3.87. The molecule has 0 spiro atoms. The molecule has 3 amide bonds. The van der Waals surface area contributed by atoms with Gasteiger partial charge in [0.05, 0.1) is 11.1 Å². The van der Waals surface area contributed by atoms with E-state index in [0.717, 1.165) is 23.3 Å². The number of rotatable bonds is 8. The van der Waals surface area contributed by atoms with Crippen molar-refractivity contribution in [3.63, 3.8) is 0 Å². The number of carbonyl (C=O) groups is 3. The summed E-state index contributed by atoms with van der Waals surface area (Å²) in [6.45, 7) is 8.92. The monoisotopic (exact) mass is 617 g/mol. The minimum absolute atomic E-state index is 0.00248. The second-order valence-corrected chi connectivity index (χ2v) is 13.4. The van der Waals surface area contributed by atoms with E-state index in [4.69, 9.17) is 0 Å². The summed E-state index contributed by atoms with van der Waals surface area (Å²) < 4.78 is 30.5. The zero-order valence-corrected chi connectivity index (χ0v) is 26.4. The Labute approximate surface area is 263 Å². The number of nitrogens with one attached hydrogen (secondary N) is 2. The second kappa shape index (κ2) is 12.3. The summed E-state index contributed by atoms with van der Waals surface area (Å²) in [4.78, 5) is 44.2. The molecule has 0 saturated carbocycles. The van der Waals surface area contributed by atoms with Crippen LogP contribution < -0.4 is 10.6 Å². The molecule has 2 aliphatic rings. The van der Waals surface area contributed by atoms with Gasteiger partial charge in [-0.15, -0.1) is 0 Å². The van der Waals surface area contributed by atoms with Gasteiger partial charge in [-0.2, -0.15) is 0 Å². The van der Waals surface area contributed by atoms with Crippen LogP contribution in [-0.4, -0.2) is 46.4 Å². The number of amides is 3. The Hall–Kier alpha value is -4.27. The fourth-order valence-corrected chi connectivity index (χ4v) is 7.15. The number of aromatic hydroxyl groups is 1. The minimum Gasteiger partial charge on any atom is -0.507 e. The molecule has 7 nitrogen and oxygen atoms in total. The van der Waals surface area contributed by atoms with Gasteiger partial charge in [0.2, 0.25) is 11.8 Å². The number of phenols is 1. The Kier molecular flexibility index (Phi) is 8.75. The molecule has 0 radical (unpaired) electrons. The number of hydrogen-bond acceptors (Lipinski definition) is 4. The number of piperazine rings is 1. The molecular weight excluding hydrogens is 576 g/mol. The van der Waals surface area contributed by atoms with Crippen molar-refractivity contribution in [2.75, 3.05) is 6.54 Å². The third-order valence-electron chi connectivity index (χ3n) is 9.77. The highest BCUT2D eigenvalue weighted by Crippen LogP contribution is 2.49. The van der Waals surface area contributed by atoms with E-state index < -0.39 is 40.6 Å². The predicted octanol–water partition coefficient (Wildman–Crippen LogP) is 5.50. The number of carbonyl (C=O) groups excluding carboxylic acids is 3. The first-order valence-electron chi connectivity index (χ1n) is 15.5. The van der Waals surface area contributed by atoms with E-state index >= 15 is 9.18 Å². The standard InChI is InChI=1S/C36H41F2N3O4/c1-6-21(2)31-33(44)40-30(24-17-22-11-7-8-12-23(22)18-24)34(45)41(31)36(35(3,4)5,27-16-15-25(37)19-28(27)38)20-39-32(43)26-13-9-10-14-29(26)42/h7-16,19,21,24,30-31,42H,6,17-18,20H2,1-5H3,(H,39,43)(H,40,44)/t21-,30+,31+,36?/m0/s1. The van der Waals surface area contributed by atoms with E-state index in [0.29, 0.717) is 19.3 Å². The Morgan fingerprint density at radius 3 is 2.22 bits per heavy atom. The summed E-state index contributed by atoms with van der Waals surface area (Å²) >= 11 is 0. The Morgan fingerprint density at radius 1 is 1.02 bits per heavy atom. The molecule has 1 fully saturated rings. The average molecular weight is 618 g/mol. The van der Waals surface area contributed by atoms with Crippen molar-refractivity contribution in [2.24, 2.45) is 17.3 Å². The summed E-state index contributed by atoms with van der Waals surface area (Å²) in [6, 6.07) is 15.2. The average Bonchev–Trinajstić information content (AvgIpc) is 3.42. The quantitative estimate of drug-likeness (QED) is 0.311. The molecule has 1 saturated heterocycles. The van der Waals surface area contributed by atoms with Gasteiger partial charge in [0.1, 0.15) is 29.5 Å². The molecule has 0 aromatic heterocycles. The molecule has 3 N–H and O–H groups in total. The number of para-hydroxylation sites is 1. The van der Waals surface area contributed by atoms with Crippen LogP contribution in [-0.2, 0) is 28.0 Å². The number of halogens is 2. The molecule has 45 heavy (non-hydrogen) atoms. The zero-order chi connectivity index (χ0) is 32.7. The number of hydrogen-bond donors (Lipinski definition) is 3. The molecule has 1 unspecified atom stereocenters. The summed E-state index contributed by atoms with van der Waals surface area (Å²) in [7, 11) is 0. The zero-order valence-electron chi connectivity index (χ0n) is 26.4.